The van der Waals surface area contributed by atoms with Gasteiger partial charge in [-0.15, -0.1) is 0 Å². The van der Waals surface area contributed by atoms with Crippen LogP contribution in [0.1, 0.15) is 11.1 Å². The van der Waals surface area contributed by atoms with E-state index in [1.54, 1.807) is 36.4 Å². The molecule has 6 heteroatoms. The van der Waals surface area contributed by atoms with E-state index in [1.807, 2.05) is 19.9 Å². The number of amides is 1. The second-order valence-corrected chi connectivity index (χ2v) is 5.66. The molecule has 0 saturated heterocycles. The Balaban J connectivity index is 2.13. The number of phenols is 1. The molecular weight excluding hydrogens is 326 g/mol. The van der Waals surface area contributed by atoms with Crippen molar-refractivity contribution >= 4 is 28.9 Å². The van der Waals surface area contributed by atoms with Crippen molar-refractivity contribution in [1.82, 2.24) is 0 Å². The van der Waals surface area contributed by atoms with Gasteiger partial charge in [-0.2, -0.15) is 5.26 Å². The first-order chi connectivity index (χ1) is 11.4. The fraction of sp³-hybridized carbons (Fsp3) is 0.111. The summed E-state index contributed by atoms with van der Waals surface area (Å²) in [6.07, 6.45) is 1.25. The van der Waals surface area contributed by atoms with Gasteiger partial charge in [-0.1, -0.05) is 23.7 Å². The van der Waals surface area contributed by atoms with Crippen LogP contribution in [-0.4, -0.2) is 11.0 Å². The Morgan fingerprint density at radius 2 is 2.00 bits per heavy atom. The largest absolute Gasteiger partial charge is 0.506 e. The van der Waals surface area contributed by atoms with Crippen molar-refractivity contribution in [3.05, 3.63) is 64.3 Å². The standard InChI is InChI=1S/C18H16ClN3O2/c1-11-3-6-16(17(23)7-11)21-10-13(9-20)18(24)22-14-5-4-12(2)15(19)8-14/h3-8,10,21,23H,1-2H3,(H,22,24)/b13-10-. The molecule has 0 heterocycles. The Morgan fingerprint density at radius 3 is 2.62 bits per heavy atom. The van der Waals surface area contributed by atoms with Crippen LogP contribution in [0.3, 0.4) is 0 Å². The average Bonchev–Trinajstić information content (AvgIpc) is 2.53. The van der Waals surface area contributed by atoms with Gasteiger partial charge in [0.2, 0.25) is 0 Å². The van der Waals surface area contributed by atoms with Gasteiger partial charge < -0.3 is 15.7 Å². The number of carbonyl (C=O) groups excluding carboxylic acids is 1. The van der Waals surface area contributed by atoms with Crippen molar-refractivity contribution in [3.8, 4) is 11.8 Å². The van der Waals surface area contributed by atoms with Gasteiger partial charge in [-0.25, -0.2) is 0 Å². The number of halogens is 1. The molecule has 122 valence electrons. The Labute approximate surface area is 145 Å². The zero-order valence-electron chi connectivity index (χ0n) is 13.2. The molecule has 0 spiro atoms. The first kappa shape index (κ1) is 17.4. The molecule has 24 heavy (non-hydrogen) atoms. The quantitative estimate of drug-likeness (QED) is 0.443. The van der Waals surface area contributed by atoms with E-state index < -0.39 is 5.91 Å². The maximum Gasteiger partial charge on any atom is 0.267 e. The number of phenolic OH excluding ortho intramolecular Hbond substituents is 1. The molecule has 0 aliphatic heterocycles. The molecule has 0 radical (unpaired) electrons. The Kier molecular flexibility index (Phi) is 5.46. The van der Waals surface area contributed by atoms with Crippen LogP contribution in [0.5, 0.6) is 5.75 Å². The van der Waals surface area contributed by atoms with Gasteiger partial charge >= 0.3 is 0 Å². The molecule has 0 aliphatic rings. The van der Waals surface area contributed by atoms with E-state index in [2.05, 4.69) is 10.6 Å². The number of nitrogens with zero attached hydrogens (tertiary/aromatic N) is 1. The van der Waals surface area contributed by atoms with Crippen molar-refractivity contribution in [2.24, 2.45) is 0 Å². The molecule has 3 N–H and O–H groups in total. The maximum atomic E-state index is 12.2. The van der Waals surface area contributed by atoms with Crippen LogP contribution in [0.2, 0.25) is 5.02 Å². The van der Waals surface area contributed by atoms with E-state index in [0.29, 0.717) is 16.4 Å². The molecular formula is C18H16ClN3O2. The number of anilines is 2. The number of rotatable bonds is 4. The summed E-state index contributed by atoms with van der Waals surface area (Å²) in [5.74, 6) is -0.536. The molecule has 5 nitrogen and oxygen atoms in total. The summed E-state index contributed by atoms with van der Waals surface area (Å²) in [5, 5.41) is 24.9. The highest BCUT2D eigenvalue weighted by Crippen LogP contribution is 2.24. The van der Waals surface area contributed by atoms with Crippen molar-refractivity contribution in [3.63, 3.8) is 0 Å². The Bertz CT molecular complexity index is 854. The van der Waals surface area contributed by atoms with Gasteiger partial charge in [0.15, 0.2) is 0 Å². The van der Waals surface area contributed by atoms with Crippen molar-refractivity contribution in [2.45, 2.75) is 13.8 Å². The number of nitrogens with one attached hydrogen (secondary N) is 2. The van der Waals surface area contributed by atoms with Crippen LogP contribution in [0, 0.1) is 25.2 Å². The normalized spacial score (nSPS) is 10.8. The summed E-state index contributed by atoms with van der Waals surface area (Å²) >= 11 is 6.01. The van der Waals surface area contributed by atoms with Gasteiger partial charge in [0, 0.05) is 16.9 Å². The minimum atomic E-state index is -0.573. The van der Waals surface area contributed by atoms with Crippen LogP contribution >= 0.6 is 11.6 Å². The van der Waals surface area contributed by atoms with Crippen LogP contribution in [0.15, 0.2) is 48.2 Å². The highest BCUT2D eigenvalue weighted by Gasteiger charge is 2.10. The smallest absolute Gasteiger partial charge is 0.267 e. The van der Waals surface area contributed by atoms with Crippen molar-refractivity contribution in [1.29, 1.82) is 5.26 Å². The minimum Gasteiger partial charge on any atom is -0.506 e. The molecule has 2 rings (SSSR count). The van der Waals surface area contributed by atoms with Crippen molar-refractivity contribution < 1.29 is 9.90 Å². The molecule has 0 fully saturated rings. The molecule has 1 amide bonds. The third-order valence-electron chi connectivity index (χ3n) is 3.32. The lowest BCUT2D eigenvalue weighted by atomic mass is 10.2. The van der Waals surface area contributed by atoms with Crippen LogP contribution in [0.4, 0.5) is 11.4 Å². The lowest BCUT2D eigenvalue weighted by Gasteiger charge is -2.08. The highest BCUT2D eigenvalue weighted by atomic mass is 35.5. The predicted octanol–water partition coefficient (Wildman–Crippen LogP) is 4.12. The van der Waals surface area contributed by atoms with Gasteiger partial charge in [0.1, 0.15) is 17.4 Å². The molecule has 0 atom stereocenters. The summed E-state index contributed by atoms with van der Waals surface area (Å²) in [4.78, 5) is 12.2. The number of nitriles is 1. The Hall–Kier alpha value is -2.97. The average molecular weight is 342 g/mol. The van der Waals surface area contributed by atoms with E-state index in [0.717, 1.165) is 11.1 Å². The van der Waals surface area contributed by atoms with Gasteiger partial charge in [-0.3, -0.25) is 4.79 Å². The number of hydrogen-bond acceptors (Lipinski definition) is 4. The zero-order chi connectivity index (χ0) is 17.7. The lowest BCUT2D eigenvalue weighted by molar-refractivity contribution is -0.112. The number of aromatic hydroxyl groups is 1. The van der Waals surface area contributed by atoms with E-state index in [9.17, 15) is 9.90 Å². The molecule has 0 aliphatic carbocycles. The summed E-state index contributed by atoms with van der Waals surface area (Å²) in [6, 6.07) is 12.0. The van der Waals surface area contributed by atoms with E-state index >= 15 is 0 Å². The summed E-state index contributed by atoms with van der Waals surface area (Å²) in [5.41, 5.74) is 2.56. The summed E-state index contributed by atoms with van der Waals surface area (Å²) in [6.45, 7) is 3.70. The van der Waals surface area contributed by atoms with E-state index in [1.165, 1.54) is 6.20 Å². The monoisotopic (exact) mass is 341 g/mol. The number of benzene rings is 2. The number of aryl methyl sites for hydroxylation is 2. The third-order valence-corrected chi connectivity index (χ3v) is 3.73. The number of carbonyl (C=O) groups is 1. The summed E-state index contributed by atoms with van der Waals surface area (Å²) < 4.78 is 0. The van der Waals surface area contributed by atoms with Gasteiger partial charge in [0.05, 0.1) is 5.69 Å². The topological polar surface area (TPSA) is 85.2 Å². The number of hydrogen-bond donors (Lipinski definition) is 3. The van der Waals surface area contributed by atoms with Gasteiger partial charge in [-0.05, 0) is 49.2 Å². The van der Waals surface area contributed by atoms with Crippen LogP contribution in [0.25, 0.3) is 0 Å². The van der Waals surface area contributed by atoms with E-state index in [4.69, 9.17) is 16.9 Å². The first-order valence-electron chi connectivity index (χ1n) is 7.14. The predicted molar refractivity (Wildman–Crippen MR) is 95.0 cm³/mol. The van der Waals surface area contributed by atoms with Crippen molar-refractivity contribution in [2.75, 3.05) is 10.6 Å². The lowest BCUT2D eigenvalue weighted by Crippen LogP contribution is -2.14. The van der Waals surface area contributed by atoms with Gasteiger partial charge in [0.25, 0.3) is 5.91 Å². The zero-order valence-corrected chi connectivity index (χ0v) is 14.0. The Morgan fingerprint density at radius 1 is 1.25 bits per heavy atom. The maximum absolute atomic E-state index is 12.2. The third kappa shape index (κ3) is 4.28. The minimum absolute atomic E-state index is 0.0364. The molecule has 2 aromatic rings. The van der Waals surface area contributed by atoms with E-state index in [-0.39, 0.29) is 11.3 Å². The van der Waals surface area contributed by atoms with Crippen LogP contribution in [-0.2, 0) is 4.79 Å². The molecule has 0 unspecified atom stereocenters. The second kappa shape index (κ2) is 7.53. The molecule has 0 aromatic heterocycles. The molecule has 0 bridgehead atoms. The first-order valence-corrected chi connectivity index (χ1v) is 7.52. The SMILES string of the molecule is Cc1ccc(N/C=C(/C#N)C(=O)Nc2ccc(C)c(Cl)c2)c(O)c1. The second-order valence-electron chi connectivity index (χ2n) is 5.25. The van der Waals surface area contributed by atoms with Crippen LogP contribution < -0.4 is 10.6 Å². The highest BCUT2D eigenvalue weighted by molar-refractivity contribution is 6.31. The fourth-order valence-electron chi connectivity index (χ4n) is 1.93. The molecule has 0 saturated carbocycles. The summed E-state index contributed by atoms with van der Waals surface area (Å²) in [7, 11) is 0. The molecule has 2 aromatic carbocycles. The fourth-order valence-corrected chi connectivity index (χ4v) is 2.11.